The fourth-order valence-electron chi connectivity index (χ4n) is 9.58. The quantitative estimate of drug-likeness (QED) is 0.164. The number of anilines is 4. The summed E-state index contributed by atoms with van der Waals surface area (Å²) in [4.78, 5) is 8.68. The Kier molecular flexibility index (Phi) is 9.46. The van der Waals surface area contributed by atoms with Crippen LogP contribution in [-0.4, -0.2) is 19.0 Å². The third kappa shape index (κ3) is 6.36. The van der Waals surface area contributed by atoms with Crippen molar-refractivity contribution in [3.05, 3.63) is 155 Å². The summed E-state index contributed by atoms with van der Waals surface area (Å²) < 4.78 is 6.70. The van der Waals surface area contributed by atoms with E-state index in [1.165, 1.54) is 67.0 Å². The van der Waals surface area contributed by atoms with Crippen LogP contribution in [0.4, 0.5) is 22.7 Å². The van der Waals surface area contributed by atoms with Crippen LogP contribution in [0.15, 0.2) is 85.2 Å². The van der Waals surface area contributed by atoms with Crippen molar-refractivity contribution in [2.24, 2.45) is 0 Å². The van der Waals surface area contributed by atoms with Gasteiger partial charge in [0.25, 0.3) is 0 Å². The van der Waals surface area contributed by atoms with Crippen LogP contribution in [0.25, 0.3) is 11.1 Å². The van der Waals surface area contributed by atoms with Gasteiger partial charge in [-0.15, -0.1) is 41.6 Å². The van der Waals surface area contributed by atoms with E-state index in [-0.39, 0.29) is 42.7 Å². The molecule has 0 saturated carbocycles. The third-order valence-electron chi connectivity index (χ3n) is 12.6. The van der Waals surface area contributed by atoms with Crippen LogP contribution in [0, 0.1) is 25.5 Å². The minimum atomic E-state index is -0.635. The smallest absolute Gasteiger partial charge is 0.510 e. The number of fused-ring (bicyclic) bond motifs is 9. The molecule has 59 heavy (non-hydrogen) atoms. The van der Waals surface area contributed by atoms with Gasteiger partial charge in [0, 0.05) is 28.3 Å². The predicted octanol–water partition coefficient (Wildman–Crippen LogP) is 13.0. The number of nitrogens with zero attached hydrogens (tertiary/aromatic N) is 4. The van der Waals surface area contributed by atoms with Crippen molar-refractivity contribution in [3.63, 3.8) is 0 Å². The van der Waals surface area contributed by atoms with Gasteiger partial charge in [-0.3, -0.25) is 0 Å². The molecule has 3 heterocycles. The largest absolute Gasteiger partial charge is 4.00 e. The van der Waals surface area contributed by atoms with Crippen LogP contribution in [-0.2, 0) is 48.1 Å². The molecule has 5 aromatic carbocycles. The molecule has 1 spiro atoms. The van der Waals surface area contributed by atoms with Gasteiger partial charge < -0.3 is 24.3 Å². The van der Waals surface area contributed by atoms with Gasteiger partial charge in [0.05, 0.1) is 0 Å². The first-order valence-corrected chi connectivity index (χ1v) is 20.8. The van der Waals surface area contributed by atoms with Gasteiger partial charge in [0.15, 0.2) is 0 Å². The van der Waals surface area contributed by atoms with E-state index in [0.29, 0.717) is 11.5 Å². The fraction of sp³-hybridized carbons (Fsp3) is 0.358. The molecule has 5 nitrogen and oxygen atoms in total. The zero-order chi connectivity index (χ0) is 41.5. The van der Waals surface area contributed by atoms with Crippen LogP contribution in [0.5, 0.6) is 11.5 Å². The van der Waals surface area contributed by atoms with Gasteiger partial charge >= 0.3 is 21.1 Å². The minimum Gasteiger partial charge on any atom is -0.510 e. The summed E-state index contributed by atoms with van der Waals surface area (Å²) in [6.45, 7) is 32.7. The zero-order valence-electron chi connectivity index (χ0n) is 37.3. The van der Waals surface area contributed by atoms with Crippen LogP contribution >= 0.6 is 0 Å². The van der Waals surface area contributed by atoms with Gasteiger partial charge in [-0.25, -0.2) is 0 Å². The Balaban J connectivity index is 0.00000484. The van der Waals surface area contributed by atoms with Gasteiger partial charge in [0.2, 0.25) is 0 Å². The van der Waals surface area contributed by atoms with Gasteiger partial charge in [-0.1, -0.05) is 125 Å². The van der Waals surface area contributed by atoms with Crippen LogP contribution < -0.4 is 19.4 Å². The minimum absolute atomic E-state index is 0. The second-order valence-electron chi connectivity index (χ2n) is 21.0. The van der Waals surface area contributed by atoms with Crippen molar-refractivity contribution in [3.8, 4) is 22.6 Å². The number of hydrogen-bond acceptors (Lipinski definition) is 5. The van der Waals surface area contributed by atoms with E-state index in [4.69, 9.17) is 4.74 Å². The van der Waals surface area contributed by atoms with Crippen molar-refractivity contribution in [2.45, 2.75) is 110 Å². The van der Waals surface area contributed by atoms with E-state index in [9.17, 15) is 0 Å². The van der Waals surface area contributed by atoms with Gasteiger partial charge in [0.1, 0.15) is 0 Å². The van der Waals surface area contributed by atoms with Crippen molar-refractivity contribution in [2.75, 3.05) is 28.8 Å². The summed E-state index contributed by atoms with van der Waals surface area (Å²) in [6.07, 6.45) is 4.05. The maximum atomic E-state index is 6.70. The van der Waals surface area contributed by atoms with Crippen LogP contribution in [0.1, 0.15) is 128 Å². The van der Waals surface area contributed by atoms with Crippen molar-refractivity contribution < 1.29 is 25.8 Å². The molecule has 0 radical (unpaired) electrons. The Bertz CT molecular complexity index is 2460. The molecule has 0 N–H and O–H groups in total. The van der Waals surface area contributed by atoms with E-state index < -0.39 is 5.41 Å². The summed E-state index contributed by atoms with van der Waals surface area (Å²) >= 11 is 0. The molecule has 0 unspecified atom stereocenters. The first kappa shape index (κ1) is 41.3. The normalized spacial score (nSPS) is 16.3. The molecular weight excluding hydrogens is 904 g/mol. The summed E-state index contributed by atoms with van der Waals surface area (Å²) in [7, 11) is 4.18. The number of rotatable bonds is 3. The van der Waals surface area contributed by atoms with Crippen molar-refractivity contribution in [1.29, 1.82) is 0 Å². The SMILES string of the molecule is CN1C=CN(c2[c-]c(Oc3[c-]c4c(cc3)C3(c5cccc6c5N4[CH-]N6C)c4c(cc(C(C)(C)C)cc4C(C)(C)C)-c4cc(C(C)(C)C)cc(C(C)(C)C)c43)ccc2)[CH-]1.[Pt+4]. The van der Waals surface area contributed by atoms with Gasteiger partial charge in [-0.2, -0.15) is 25.5 Å². The van der Waals surface area contributed by atoms with Crippen molar-refractivity contribution in [1.82, 2.24) is 4.90 Å². The molecule has 0 saturated heterocycles. The molecule has 1 aliphatic carbocycles. The molecule has 3 aliphatic heterocycles. The van der Waals surface area contributed by atoms with E-state index >= 15 is 0 Å². The maximum Gasteiger partial charge on any atom is 4.00 e. The van der Waals surface area contributed by atoms with Crippen LogP contribution in [0.2, 0.25) is 0 Å². The Labute approximate surface area is 368 Å². The monoisotopic (exact) mass is 961 g/mol. The van der Waals surface area contributed by atoms with E-state index in [0.717, 1.165) is 11.4 Å². The molecule has 6 heteroatoms. The molecule has 5 aromatic rings. The zero-order valence-corrected chi connectivity index (χ0v) is 39.5. The Morgan fingerprint density at radius 2 is 1.17 bits per heavy atom. The average molecular weight is 962 g/mol. The number of para-hydroxylation sites is 1. The molecule has 0 amide bonds. The third-order valence-corrected chi connectivity index (χ3v) is 12.6. The molecule has 0 aromatic heterocycles. The molecule has 306 valence electrons. The van der Waals surface area contributed by atoms with E-state index in [1.54, 1.807) is 0 Å². The second-order valence-corrected chi connectivity index (χ2v) is 21.0. The van der Waals surface area contributed by atoms with Crippen molar-refractivity contribution >= 4 is 22.7 Å². The molecule has 0 bridgehead atoms. The Morgan fingerprint density at radius 1 is 0.593 bits per heavy atom. The number of benzene rings is 5. The van der Waals surface area contributed by atoms with Gasteiger partial charge in [-0.05, 0) is 104 Å². The fourth-order valence-corrected chi connectivity index (χ4v) is 9.58. The Morgan fingerprint density at radius 3 is 1.71 bits per heavy atom. The summed E-state index contributed by atoms with van der Waals surface area (Å²) in [5.74, 6) is 1.30. The van der Waals surface area contributed by atoms with E-state index in [2.05, 4.69) is 173 Å². The summed E-state index contributed by atoms with van der Waals surface area (Å²) in [6, 6.07) is 35.0. The first-order chi connectivity index (χ1) is 27.1. The topological polar surface area (TPSA) is 22.2 Å². The molecule has 4 aliphatic rings. The van der Waals surface area contributed by atoms with Crippen LogP contribution in [0.3, 0.4) is 0 Å². The molecule has 0 atom stereocenters. The second kappa shape index (κ2) is 13.5. The standard InChI is InChI=1S/C53H58N4O.Pt/c1-49(2,3)33-25-38-39-26-34(50(4,5)6)28-43(52(10,11)12)47(39)53(46(38)42(27-33)51(7,8)9)40-22-21-37(58-36-18-15-17-35(29-36)56-24-23-54(13)31-56)30-45(40)57-32-55(14)44-20-16-19-41(53)48(44)57;/h15-28,31-32H,1-14H3;/q-4;+4. The van der Waals surface area contributed by atoms with E-state index in [1.807, 2.05) is 54.1 Å². The number of hydrogen-bond donors (Lipinski definition) is 0. The molecule has 9 rings (SSSR count). The predicted molar refractivity (Wildman–Crippen MR) is 241 cm³/mol. The maximum absolute atomic E-state index is 6.70. The Hall–Kier alpha value is -4.47. The number of ether oxygens (including phenoxy) is 1. The summed E-state index contributed by atoms with van der Waals surface area (Å²) in [5.41, 5.74) is 16.8. The molecular formula is C53H58N4OPt. The average Bonchev–Trinajstić information content (AvgIpc) is 3.81. The molecule has 0 fully saturated rings. The summed E-state index contributed by atoms with van der Waals surface area (Å²) in [5, 5.41) is 0. The first-order valence-electron chi connectivity index (χ1n) is 20.8.